The molecule has 2 aromatic heterocycles. The lowest BCUT2D eigenvalue weighted by atomic mass is 9.91. The molecule has 6 heteroatoms. The smallest absolute Gasteiger partial charge is 0.335 e. The van der Waals surface area contributed by atoms with Gasteiger partial charge in [-0.25, -0.2) is 9.78 Å². The quantitative estimate of drug-likeness (QED) is 0.931. The molecule has 0 aliphatic rings. The van der Waals surface area contributed by atoms with Crippen LogP contribution in [-0.4, -0.2) is 25.8 Å². The minimum Gasteiger partial charge on any atom is -0.478 e. The maximum absolute atomic E-state index is 11.2. The average Bonchev–Trinajstić information content (AvgIpc) is 2.73. The van der Waals surface area contributed by atoms with E-state index in [9.17, 15) is 4.79 Å². The van der Waals surface area contributed by atoms with Crippen molar-refractivity contribution < 1.29 is 14.6 Å². The van der Waals surface area contributed by atoms with E-state index in [-0.39, 0.29) is 16.9 Å². The van der Waals surface area contributed by atoms with E-state index >= 15 is 0 Å². The first-order valence-corrected chi connectivity index (χ1v) is 6.18. The molecule has 1 N–H and O–H groups in total. The summed E-state index contributed by atoms with van der Waals surface area (Å²) in [5.41, 5.74) is 0.554. The second kappa shape index (κ2) is 4.96. The molecule has 20 heavy (non-hydrogen) atoms. The van der Waals surface area contributed by atoms with E-state index in [1.807, 2.05) is 20.8 Å². The van der Waals surface area contributed by atoms with Crippen LogP contribution in [0.15, 0.2) is 24.5 Å². The predicted molar refractivity (Wildman–Crippen MR) is 73.2 cm³/mol. The molecule has 0 aliphatic heterocycles. The Morgan fingerprint density at radius 1 is 1.35 bits per heavy atom. The third kappa shape index (κ3) is 3.14. The predicted octanol–water partition coefficient (Wildman–Crippen LogP) is 2.60. The van der Waals surface area contributed by atoms with Gasteiger partial charge in [-0.1, -0.05) is 20.8 Å². The number of rotatable bonds is 3. The van der Waals surface area contributed by atoms with Crippen LogP contribution in [0.1, 0.15) is 36.8 Å². The summed E-state index contributed by atoms with van der Waals surface area (Å²) in [6, 6.07) is 2.98. The summed E-state index contributed by atoms with van der Waals surface area (Å²) in [5.74, 6) is -0.237. The maximum Gasteiger partial charge on any atom is 0.335 e. The molecule has 0 aliphatic carbocycles. The Labute approximate surface area is 117 Å². The number of carboxylic acid groups (broad SMARTS) is 1. The minimum atomic E-state index is -1.01. The SMILES string of the molecule is Cn1cc(Oc2cc(C(=O)O)cc(C(C)(C)C)n2)cn1. The third-order valence-corrected chi connectivity index (χ3v) is 2.72. The van der Waals surface area contributed by atoms with Gasteiger partial charge in [0.15, 0.2) is 5.75 Å². The molecular weight excluding hydrogens is 258 g/mol. The number of nitrogens with zero attached hydrogens (tertiary/aromatic N) is 3. The van der Waals surface area contributed by atoms with Crippen LogP contribution in [0.2, 0.25) is 0 Å². The zero-order valence-electron chi connectivity index (χ0n) is 11.9. The number of aryl methyl sites for hydroxylation is 1. The highest BCUT2D eigenvalue weighted by molar-refractivity contribution is 5.88. The van der Waals surface area contributed by atoms with Gasteiger partial charge in [-0.05, 0) is 6.07 Å². The second-order valence-corrected chi connectivity index (χ2v) is 5.59. The van der Waals surface area contributed by atoms with Crippen molar-refractivity contribution in [3.8, 4) is 11.6 Å². The summed E-state index contributed by atoms with van der Waals surface area (Å²) in [6.45, 7) is 5.90. The Morgan fingerprint density at radius 2 is 2.05 bits per heavy atom. The van der Waals surface area contributed by atoms with Crippen LogP contribution < -0.4 is 4.74 Å². The second-order valence-electron chi connectivity index (χ2n) is 5.59. The van der Waals surface area contributed by atoms with Gasteiger partial charge in [0.25, 0.3) is 0 Å². The monoisotopic (exact) mass is 275 g/mol. The lowest BCUT2D eigenvalue weighted by Crippen LogP contribution is -2.15. The Kier molecular flexibility index (Phi) is 3.48. The van der Waals surface area contributed by atoms with Crippen molar-refractivity contribution in [2.45, 2.75) is 26.2 Å². The van der Waals surface area contributed by atoms with Crippen molar-refractivity contribution in [1.82, 2.24) is 14.8 Å². The van der Waals surface area contributed by atoms with Crippen LogP contribution >= 0.6 is 0 Å². The van der Waals surface area contributed by atoms with E-state index in [1.165, 1.54) is 6.07 Å². The molecular formula is C14H17N3O3. The van der Waals surface area contributed by atoms with Crippen LogP contribution in [0.3, 0.4) is 0 Å². The molecule has 0 amide bonds. The van der Waals surface area contributed by atoms with Crippen LogP contribution in [0.25, 0.3) is 0 Å². The molecule has 0 unspecified atom stereocenters. The lowest BCUT2D eigenvalue weighted by molar-refractivity contribution is 0.0696. The van der Waals surface area contributed by atoms with E-state index in [0.717, 1.165) is 0 Å². The van der Waals surface area contributed by atoms with Crippen molar-refractivity contribution in [2.24, 2.45) is 7.05 Å². The van der Waals surface area contributed by atoms with Gasteiger partial charge in [0, 0.05) is 18.5 Å². The maximum atomic E-state index is 11.2. The van der Waals surface area contributed by atoms with Crippen LogP contribution in [-0.2, 0) is 12.5 Å². The normalized spacial score (nSPS) is 11.4. The van der Waals surface area contributed by atoms with Crippen molar-refractivity contribution >= 4 is 5.97 Å². The summed E-state index contributed by atoms with van der Waals surface area (Å²) in [4.78, 5) is 15.6. The summed E-state index contributed by atoms with van der Waals surface area (Å²) < 4.78 is 7.17. The number of pyridine rings is 1. The molecule has 106 valence electrons. The molecule has 2 rings (SSSR count). The zero-order valence-corrected chi connectivity index (χ0v) is 11.9. The van der Waals surface area contributed by atoms with E-state index in [0.29, 0.717) is 11.4 Å². The van der Waals surface area contributed by atoms with Gasteiger partial charge in [-0.3, -0.25) is 4.68 Å². The number of carbonyl (C=O) groups is 1. The fourth-order valence-corrected chi connectivity index (χ4v) is 1.64. The summed E-state index contributed by atoms with van der Waals surface area (Å²) in [7, 11) is 1.77. The molecule has 2 heterocycles. The van der Waals surface area contributed by atoms with Gasteiger partial charge in [0.1, 0.15) is 0 Å². The van der Waals surface area contributed by atoms with Gasteiger partial charge in [-0.15, -0.1) is 0 Å². The van der Waals surface area contributed by atoms with Gasteiger partial charge in [-0.2, -0.15) is 5.10 Å². The molecule has 0 saturated carbocycles. The number of hydrogen-bond acceptors (Lipinski definition) is 4. The van der Waals surface area contributed by atoms with Crippen molar-refractivity contribution in [3.63, 3.8) is 0 Å². The third-order valence-electron chi connectivity index (χ3n) is 2.72. The molecule has 6 nitrogen and oxygen atoms in total. The number of aromatic nitrogens is 3. The first kappa shape index (κ1) is 14.0. The fourth-order valence-electron chi connectivity index (χ4n) is 1.64. The molecule has 0 radical (unpaired) electrons. The Balaban J connectivity index is 2.41. The van der Waals surface area contributed by atoms with E-state index < -0.39 is 5.97 Å². The zero-order chi connectivity index (χ0) is 14.9. The number of aromatic carboxylic acids is 1. The molecule has 0 aromatic carbocycles. The van der Waals surface area contributed by atoms with Crippen molar-refractivity contribution in [2.75, 3.05) is 0 Å². The van der Waals surface area contributed by atoms with E-state index in [2.05, 4.69) is 10.1 Å². The highest BCUT2D eigenvalue weighted by atomic mass is 16.5. The molecule has 0 spiro atoms. The van der Waals surface area contributed by atoms with Gasteiger partial charge < -0.3 is 9.84 Å². The standard InChI is InChI=1S/C14H17N3O3/c1-14(2,3)11-5-9(13(18)19)6-12(16-11)20-10-7-15-17(4)8-10/h5-8H,1-4H3,(H,18,19). The molecule has 0 saturated heterocycles. The van der Waals surface area contributed by atoms with Crippen LogP contribution in [0, 0.1) is 0 Å². The van der Waals surface area contributed by atoms with E-state index in [4.69, 9.17) is 9.84 Å². The Bertz CT molecular complexity index is 641. The van der Waals surface area contributed by atoms with Gasteiger partial charge >= 0.3 is 5.97 Å². The molecule has 0 bridgehead atoms. The summed E-state index contributed by atoms with van der Waals surface area (Å²) in [5, 5.41) is 13.2. The van der Waals surface area contributed by atoms with Crippen molar-refractivity contribution in [3.05, 3.63) is 35.8 Å². The molecule has 0 fully saturated rings. The van der Waals surface area contributed by atoms with E-state index in [1.54, 1.807) is 30.2 Å². The Hall–Kier alpha value is -2.37. The number of hydrogen-bond donors (Lipinski definition) is 1. The Morgan fingerprint density at radius 3 is 2.55 bits per heavy atom. The minimum absolute atomic E-state index is 0.156. The van der Waals surface area contributed by atoms with Gasteiger partial charge in [0.05, 0.1) is 23.7 Å². The van der Waals surface area contributed by atoms with Crippen LogP contribution in [0.4, 0.5) is 0 Å². The number of carboxylic acids is 1. The average molecular weight is 275 g/mol. The topological polar surface area (TPSA) is 77.2 Å². The summed E-state index contributed by atoms with van der Waals surface area (Å²) in [6.07, 6.45) is 3.23. The highest BCUT2D eigenvalue weighted by Gasteiger charge is 2.20. The van der Waals surface area contributed by atoms with Crippen LogP contribution in [0.5, 0.6) is 11.6 Å². The van der Waals surface area contributed by atoms with Gasteiger partial charge in [0.2, 0.25) is 5.88 Å². The number of ether oxygens (including phenoxy) is 1. The first-order valence-electron chi connectivity index (χ1n) is 6.18. The summed E-state index contributed by atoms with van der Waals surface area (Å²) >= 11 is 0. The van der Waals surface area contributed by atoms with Crippen molar-refractivity contribution in [1.29, 1.82) is 0 Å². The fraction of sp³-hybridized carbons (Fsp3) is 0.357. The largest absolute Gasteiger partial charge is 0.478 e. The molecule has 0 atom stereocenters. The lowest BCUT2D eigenvalue weighted by Gasteiger charge is -2.19. The molecule has 2 aromatic rings. The highest BCUT2D eigenvalue weighted by Crippen LogP contribution is 2.26. The first-order chi connectivity index (χ1) is 9.25.